The number of benzene rings is 1. The second-order valence-corrected chi connectivity index (χ2v) is 10.3. The lowest BCUT2D eigenvalue weighted by Crippen LogP contribution is -2.45. The largest absolute Gasteiger partial charge is 0.361 e. The third-order valence-corrected chi connectivity index (χ3v) is 7.86. The molecule has 2 bridgehead atoms. The van der Waals surface area contributed by atoms with Gasteiger partial charge in [0.15, 0.2) is 0 Å². The summed E-state index contributed by atoms with van der Waals surface area (Å²) in [6, 6.07) is 12.6. The lowest BCUT2D eigenvalue weighted by molar-refractivity contribution is -0.132. The number of hydrogen-bond acceptors (Lipinski definition) is 6. The first-order valence-corrected chi connectivity index (χ1v) is 13.1. The summed E-state index contributed by atoms with van der Waals surface area (Å²) in [6.07, 6.45) is 6.91. The highest BCUT2D eigenvalue weighted by molar-refractivity contribution is 5.92. The Morgan fingerprint density at radius 1 is 1.05 bits per heavy atom. The van der Waals surface area contributed by atoms with E-state index in [-0.39, 0.29) is 24.3 Å². The summed E-state index contributed by atoms with van der Waals surface area (Å²) >= 11 is 0. The van der Waals surface area contributed by atoms with Gasteiger partial charge in [-0.15, -0.1) is 0 Å². The highest BCUT2D eigenvalue weighted by Gasteiger charge is 2.37. The molecule has 1 saturated heterocycles. The quantitative estimate of drug-likeness (QED) is 0.537. The van der Waals surface area contributed by atoms with Crippen LogP contribution in [0.2, 0.25) is 0 Å². The van der Waals surface area contributed by atoms with E-state index in [9.17, 15) is 9.59 Å². The second kappa shape index (κ2) is 10.8. The van der Waals surface area contributed by atoms with Crippen molar-refractivity contribution >= 4 is 17.5 Å². The van der Waals surface area contributed by atoms with Crippen molar-refractivity contribution in [2.45, 2.75) is 71.6 Å². The summed E-state index contributed by atoms with van der Waals surface area (Å²) in [5.74, 6) is 0.752. The van der Waals surface area contributed by atoms with E-state index >= 15 is 0 Å². The number of amides is 2. The van der Waals surface area contributed by atoms with Crippen molar-refractivity contribution in [3.63, 3.8) is 0 Å². The van der Waals surface area contributed by atoms with Gasteiger partial charge in [0.2, 0.25) is 11.8 Å². The summed E-state index contributed by atoms with van der Waals surface area (Å²) in [5.41, 5.74) is 4.65. The lowest BCUT2D eigenvalue weighted by atomic mass is 10.1. The average Bonchev–Trinajstić information content (AvgIpc) is 3.40. The number of rotatable bonds is 4. The minimum atomic E-state index is 0.0219. The van der Waals surface area contributed by atoms with E-state index in [0.717, 1.165) is 53.9 Å². The number of aromatic nitrogens is 2. The van der Waals surface area contributed by atoms with Crippen LogP contribution in [-0.2, 0) is 29.1 Å². The molecule has 3 aromatic rings. The predicted molar refractivity (Wildman–Crippen MR) is 141 cm³/mol. The first kappa shape index (κ1) is 25.1. The van der Waals surface area contributed by atoms with Crippen LogP contribution in [-0.4, -0.2) is 56.9 Å². The van der Waals surface area contributed by atoms with Crippen LogP contribution in [0.25, 0.3) is 0 Å². The normalized spacial score (nSPS) is 20.4. The number of nitrogens with zero attached hydrogens (tertiary/aromatic N) is 5. The van der Waals surface area contributed by atoms with Crippen LogP contribution in [0.1, 0.15) is 54.3 Å². The van der Waals surface area contributed by atoms with Crippen LogP contribution >= 0.6 is 0 Å². The average molecular weight is 502 g/mol. The SMILES string of the molecule is CC(=O)N1CCC2CCC(CN(C(=O)Cc3c(C)noc3C)Cc3ccccc31)N2Cc1cccnc1. The Labute approximate surface area is 218 Å². The molecule has 5 rings (SSSR count). The monoisotopic (exact) mass is 501 g/mol. The maximum absolute atomic E-state index is 13.8. The molecule has 0 radical (unpaired) electrons. The number of carbonyl (C=O) groups excluding carboxylic acids is 2. The van der Waals surface area contributed by atoms with E-state index in [1.165, 1.54) is 0 Å². The van der Waals surface area contributed by atoms with Gasteiger partial charge in [0.05, 0.1) is 12.1 Å². The standard InChI is InChI=1S/C29H35N5O3/c1-20-27(21(2)37-31-20)15-29(36)32-18-24-8-4-5-9-28(24)33(22(3)35)14-12-25-10-11-26(19-32)34(25)17-23-7-6-13-30-16-23/h4-9,13,16,25-26H,10-12,14-15,17-19H2,1-3H3. The van der Waals surface area contributed by atoms with Gasteiger partial charge in [0, 0.05) is 68.8 Å². The predicted octanol–water partition coefficient (Wildman–Crippen LogP) is 4.05. The molecule has 0 spiro atoms. The molecule has 4 heterocycles. The van der Waals surface area contributed by atoms with E-state index in [4.69, 9.17) is 4.52 Å². The van der Waals surface area contributed by atoms with Gasteiger partial charge in [-0.05, 0) is 56.4 Å². The molecule has 2 amide bonds. The number of carbonyl (C=O) groups is 2. The highest BCUT2D eigenvalue weighted by atomic mass is 16.5. The Morgan fingerprint density at radius 2 is 1.86 bits per heavy atom. The minimum absolute atomic E-state index is 0.0219. The number of anilines is 1. The maximum atomic E-state index is 13.8. The number of fused-ring (bicyclic) bond motifs is 3. The summed E-state index contributed by atoms with van der Waals surface area (Å²) in [6.45, 7) is 7.87. The third kappa shape index (κ3) is 5.44. The van der Waals surface area contributed by atoms with Crippen LogP contribution in [0.15, 0.2) is 53.3 Å². The Morgan fingerprint density at radius 3 is 2.59 bits per heavy atom. The molecule has 37 heavy (non-hydrogen) atoms. The van der Waals surface area contributed by atoms with Crippen molar-refractivity contribution in [1.82, 2.24) is 19.9 Å². The fraction of sp³-hybridized carbons (Fsp3) is 0.448. The van der Waals surface area contributed by atoms with Gasteiger partial charge in [-0.3, -0.25) is 19.5 Å². The van der Waals surface area contributed by atoms with E-state index in [1.54, 1.807) is 13.1 Å². The second-order valence-electron chi connectivity index (χ2n) is 10.3. The van der Waals surface area contributed by atoms with Crippen molar-refractivity contribution in [2.75, 3.05) is 18.0 Å². The van der Waals surface area contributed by atoms with Crippen LogP contribution in [0.5, 0.6) is 0 Å². The van der Waals surface area contributed by atoms with Gasteiger partial charge in [-0.2, -0.15) is 0 Å². The molecule has 2 aliphatic heterocycles. The summed E-state index contributed by atoms with van der Waals surface area (Å²) < 4.78 is 5.33. The van der Waals surface area contributed by atoms with E-state index in [2.05, 4.69) is 21.1 Å². The van der Waals surface area contributed by atoms with Crippen molar-refractivity contribution in [2.24, 2.45) is 0 Å². The van der Waals surface area contributed by atoms with E-state index < -0.39 is 0 Å². The molecular formula is C29H35N5O3. The van der Waals surface area contributed by atoms with Gasteiger partial charge in [0.25, 0.3) is 0 Å². The molecule has 0 saturated carbocycles. The summed E-state index contributed by atoms with van der Waals surface area (Å²) in [4.78, 5) is 37.3. The Kier molecular flexibility index (Phi) is 7.37. The van der Waals surface area contributed by atoms with Crippen LogP contribution < -0.4 is 4.90 Å². The minimum Gasteiger partial charge on any atom is -0.361 e. The van der Waals surface area contributed by atoms with Crippen molar-refractivity contribution in [3.8, 4) is 0 Å². The molecule has 1 fully saturated rings. The molecule has 8 nitrogen and oxygen atoms in total. The zero-order valence-corrected chi connectivity index (χ0v) is 21.9. The molecule has 0 aliphatic carbocycles. The van der Waals surface area contributed by atoms with Crippen LogP contribution in [0.3, 0.4) is 0 Å². The number of hydrogen-bond donors (Lipinski definition) is 0. The van der Waals surface area contributed by atoms with Gasteiger partial charge in [-0.25, -0.2) is 0 Å². The molecule has 0 N–H and O–H groups in total. The molecule has 8 heteroatoms. The number of pyridine rings is 1. The molecule has 194 valence electrons. The number of aryl methyl sites for hydroxylation is 2. The van der Waals surface area contributed by atoms with E-state index in [0.29, 0.717) is 31.4 Å². The first-order chi connectivity index (χ1) is 17.9. The number of para-hydroxylation sites is 1. The maximum Gasteiger partial charge on any atom is 0.227 e. The van der Waals surface area contributed by atoms with Crippen LogP contribution in [0, 0.1) is 13.8 Å². The van der Waals surface area contributed by atoms with Gasteiger partial charge in [-0.1, -0.05) is 29.4 Å². The fourth-order valence-corrected chi connectivity index (χ4v) is 5.85. The van der Waals surface area contributed by atoms with Crippen molar-refractivity contribution < 1.29 is 14.1 Å². The topological polar surface area (TPSA) is 82.8 Å². The smallest absolute Gasteiger partial charge is 0.227 e. The van der Waals surface area contributed by atoms with Crippen molar-refractivity contribution in [3.05, 3.63) is 76.9 Å². The summed E-state index contributed by atoms with van der Waals surface area (Å²) in [5, 5.41) is 4.05. The van der Waals surface area contributed by atoms with Crippen LogP contribution in [0.4, 0.5) is 5.69 Å². The van der Waals surface area contributed by atoms with Gasteiger partial charge < -0.3 is 14.3 Å². The van der Waals surface area contributed by atoms with E-state index in [1.807, 2.05) is 60.2 Å². The molecular weight excluding hydrogens is 466 g/mol. The summed E-state index contributed by atoms with van der Waals surface area (Å²) in [7, 11) is 0. The Balaban J connectivity index is 1.51. The molecule has 1 aromatic carbocycles. The van der Waals surface area contributed by atoms with Crippen molar-refractivity contribution in [1.29, 1.82) is 0 Å². The Hall–Kier alpha value is -3.52. The molecule has 2 aromatic heterocycles. The molecule has 2 aliphatic rings. The van der Waals surface area contributed by atoms with Gasteiger partial charge >= 0.3 is 0 Å². The molecule has 2 atom stereocenters. The fourth-order valence-electron chi connectivity index (χ4n) is 5.85. The van der Waals surface area contributed by atoms with Gasteiger partial charge in [0.1, 0.15) is 5.76 Å². The third-order valence-electron chi connectivity index (χ3n) is 7.86. The zero-order valence-electron chi connectivity index (χ0n) is 21.9. The lowest BCUT2D eigenvalue weighted by Gasteiger charge is -2.34. The first-order valence-electron chi connectivity index (χ1n) is 13.1. The molecule has 2 unspecified atom stereocenters. The highest BCUT2D eigenvalue weighted by Crippen LogP contribution is 2.33. The zero-order chi connectivity index (χ0) is 25.9. The Bertz CT molecular complexity index is 1240.